The Labute approximate surface area is 117 Å². The Kier molecular flexibility index (Phi) is 3.77. The van der Waals surface area contributed by atoms with Crippen LogP contribution in [0.15, 0.2) is 35.4 Å². The molecule has 0 radical (unpaired) electrons. The SMILES string of the molecule is CCc1nn(C)cc1NS(=O)(=O)c1ccc(C#N)cc1. The summed E-state index contributed by atoms with van der Waals surface area (Å²) >= 11 is 0. The van der Waals surface area contributed by atoms with E-state index in [9.17, 15) is 8.42 Å². The molecule has 0 amide bonds. The van der Waals surface area contributed by atoms with Crippen molar-refractivity contribution in [2.24, 2.45) is 7.05 Å². The lowest BCUT2D eigenvalue weighted by molar-refractivity contribution is 0.601. The van der Waals surface area contributed by atoms with Crippen LogP contribution in [-0.2, 0) is 23.5 Å². The van der Waals surface area contributed by atoms with E-state index in [0.717, 1.165) is 0 Å². The van der Waals surface area contributed by atoms with Gasteiger partial charge in [-0.25, -0.2) is 8.42 Å². The van der Waals surface area contributed by atoms with Gasteiger partial charge in [0, 0.05) is 13.2 Å². The molecule has 0 fully saturated rings. The number of hydrogen-bond donors (Lipinski definition) is 1. The van der Waals surface area contributed by atoms with E-state index in [-0.39, 0.29) is 4.90 Å². The zero-order valence-corrected chi connectivity index (χ0v) is 12.0. The lowest BCUT2D eigenvalue weighted by Gasteiger charge is -2.07. The number of benzene rings is 1. The summed E-state index contributed by atoms with van der Waals surface area (Å²) in [7, 11) is -1.94. The van der Waals surface area contributed by atoms with E-state index in [4.69, 9.17) is 5.26 Å². The lowest BCUT2D eigenvalue weighted by atomic mass is 10.2. The highest BCUT2D eigenvalue weighted by Crippen LogP contribution is 2.19. The maximum atomic E-state index is 12.2. The molecular formula is C13H14N4O2S. The number of nitriles is 1. The zero-order chi connectivity index (χ0) is 14.8. The molecule has 6 nitrogen and oxygen atoms in total. The second-order valence-corrected chi connectivity index (χ2v) is 5.94. The molecule has 0 unspecified atom stereocenters. The van der Waals surface area contributed by atoms with Gasteiger partial charge in [0.15, 0.2) is 0 Å². The van der Waals surface area contributed by atoms with Crippen LogP contribution in [0.3, 0.4) is 0 Å². The van der Waals surface area contributed by atoms with E-state index in [1.165, 1.54) is 24.3 Å². The average molecular weight is 290 g/mol. The second-order valence-electron chi connectivity index (χ2n) is 4.26. The fourth-order valence-corrected chi connectivity index (χ4v) is 2.87. The first-order chi connectivity index (χ1) is 9.46. The van der Waals surface area contributed by atoms with Gasteiger partial charge in [-0.15, -0.1) is 0 Å². The van der Waals surface area contributed by atoms with Crippen molar-refractivity contribution in [1.29, 1.82) is 5.26 Å². The van der Waals surface area contributed by atoms with E-state index in [1.54, 1.807) is 17.9 Å². The standard InChI is InChI=1S/C13H14N4O2S/c1-3-12-13(9-17(2)15-12)16-20(18,19)11-6-4-10(8-14)5-7-11/h4-7,9,16H,3H2,1-2H3. The third-order valence-corrected chi connectivity index (χ3v) is 4.16. The monoisotopic (exact) mass is 290 g/mol. The predicted molar refractivity (Wildman–Crippen MR) is 74.6 cm³/mol. The summed E-state index contributed by atoms with van der Waals surface area (Å²) in [6, 6.07) is 7.70. The molecule has 0 bridgehead atoms. The first-order valence-corrected chi connectivity index (χ1v) is 7.50. The summed E-state index contributed by atoms with van der Waals surface area (Å²) in [4.78, 5) is 0.113. The van der Waals surface area contributed by atoms with Crippen molar-refractivity contribution in [3.63, 3.8) is 0 Å². The van der Waals surface area contributed by atoms with Crippen LogP contribution in [0.25, 0.3) is 0 Å². The highest BCUT2D eigenvalue weighted by molar-refractivity contribution is 7.92. The highest BCUT2D eigenvalue weighted by atomic mass is 32.2. The number of aromatic nitrogens is 2. The molecule has 0 aliphatic carbocycles. The predicted octanol–water partition coefficient (Wildman–Crippen LogP) is 1.65. The highest BCUT2D eigenvalue weighted by Gasteiger charge is 2.17. The van der Waals surface area contributed by atoms with Gasteiger partial charge in [-0.3, -0.25) is 9.40 Å². The molecule has 2 aromatic rings. The van der Waals surface area contributed by atoms with Gasteiger partial charge in [-0.05, 0) is 30.7 Å². The first kappa shape index (κ1) is 14.1. The van der Waals surface area contributed by atoms with Crippen molar-refractivity contribution >= 4 is 15.7 Å². The summed E-state index contributed by atoms with van der Waals surface area (Å²) < 4.78 is 28.6. The molecule has 2 rings (SSSR count). The van der Waals surface area contributed by atoms with Crippen LogP contribution in [0.1, 0.15) is 18.2 Å². The number of rotatable bonds is 4. The lowest BCUT2D eigenvalue weighted by Crippen LogP contribution is -2.13. The Morgan fingerprint density at radius 1 is 1.35 bits per heavy atom. The number of anilines is 1. The van der Waals surface area contributed by atoms with Crippen molar-refractivity contribution in [2.75, 3.05) is 4.72 Å². The summed E-state index contributed by atoms with van der Waals surface area (Å²) in [6.45, 7) is 1.90. The minimum absolute atomic E-state index is 0.113. The van der Waals surface area contributed by atoms with Crippen molar-refractivity contribution < 1.29 is 8.42 Å². The van der Waals surface area contributed by atoms with Crippen molar-refractivity contribution in [3.8, 4) is 6.07 Å². The van der Waals surface area contributed by atoms with Crippen LogP contribution in [0.4, 0.5) is 5.69 Å². The van der Waals surface area contributed by atoms with Crippen LogP contribution in [0.2, 0.25) is 0 Å². The number of aryl methyl sites for hydroxylation is 2. The molecule has 1 aromatic carbocycles. The van der Waals surface area contributed by atoms with Crippen LogP contribution in [0, 0.1) is 11.3 Å². The average Bonchev–Trinajstić information content (AvgIpc) is 2.78. The van der Waals surface area contributed by atoms with Crippen molar-refractivity contribution in [3.05, 3.63) is 41.7 Å². The quantitative estimate of drug-likeness (QED) is 0.927. The molecule has 1 heterocycles. The Morgan fingerprint density at radius 3 is 2.55 bits per heavy atom. The van der Waals surface area contributed by atoms with E-state index in [0.29, 0.717) is 23.4 Å². The number of nitrogens with zero attached hydrogens (tertiary/aromatic N) is 3. The Balaban J connectivity index is 2.33. The van der Waals surface area contributed by atoms with Crippen molar-refractivity contribution in [1.82, 2.24) is 9.78 Å². The first-order valence-electron chi connectivity index (χ1n) is 6.01. The summed E-state index contributed by atoms with van der Waals surface area (Å²) in [5.41, 5.74) is 1.57. The molecule has 1 aromatic heterocycles. The van der Waals surface area contributed by atoms with Gasteiger partial charge in [0.1, 0.15) is 0 Å². The molecule has 104 valence electrons. The second kappa shape index (κ2) is 5.35. The maximum Gasteiger partial charge on any atom is 0.262 e. The van der Waals surface area contributed by atoms with Gasteiger partial charge in [-0.2, -0.15) is 10.4 Å². The summed E-state index contributed by atoms with van der Waals surface area (Å²) in [6.07, 6.45) is 2.26. The fraction of sp³-hybridized carbons (Fsp3) is 0.231. The molecule has 0 saturated carbocycles. The van der Waals surface area contributed by atoms with Gasteiger partial charge in [-0.1, -0.05) is 6.92 Å². The van der Waals surface area contributed by atoms with Gasteiger partial charge in [0.05, 0.1) is 27.9 Å². The topological polar surface area (TPSA) is 87.8 Å². The van der Waals surface area contributed by atoms with E-state index in [2.05, 4.69) is 9.82 Å². The third-order valence-electron chi connectivity index (χ3n) is 2.78. The Morgan fingerprint density at radius 2 is 2.00 bits per heavy atom. The molecular weight excluding hydrogens is 276 g/mol. The molecule has 0 atom stereocenters. The minimum Gasteiger partial charge on any atom is -0.276 e. The smallest absolute Gasteiger partial charge is 0.262 e. The van der Waals surface area contributed by atoms with Gasteiger partial charge >= 0.3 is 0 Å². The molecule has 0 saturated heterocycles. The van der Waals surface area contributed by atoms with Crippen LogP contribution >= 0.6 is 0 Å². The Hall–Kier alpha value is -2.33. The zero-order valence-electron chi connectivity index (χ0n) is 11.2. The van der Waals surface area contributed by atoms with E-state index in [1.807, 2.05) is 13.0 Å². The molecule has 7 heteroatoms. The number of nitrogens with one attached hydrogen (secondary N) is 1. The molecule has 0 aliphatic heterocycles. The van der Waals surface area contributed by atoms with Crippen LogP contribution in [-0.4, -0.2) is 18.2 Å². The Bertz CT molecular complexity index is 755. The van der Waals surface area contributed by atoms with E-state index >= 15 is 0 Å². The van der Waals surface area contributed by atoms with Gasteiger partial charge in [0.25, 0.3) is 10.0 Å². The van der Waals surface area contributed by atoms with Crippen LogP contribution in [0.5, 0.6) is 0 Å². The molecule has 0 aliphatic rings. The normalized spacial score (nSPS) is 11.1. The minimum atomic E-state index is -3.67. The van der Waals surface area contributed by atoms with Crippen molar-refractivity contribution in [2.45, 2.75) is 18.2 Å². The summed E-state index contributed by atoms with van der Waals surface area (Å²) in [5.74, 6) is 0. The number of hydrogen-bond acceptors (Lipinski definition) is 4. The van der Waals surface area contributed by atoms with Gasteiger partial charge in [0.2, 0.25) is 0 Å². The molecule has 1 N–H and O–H groups in total. The van der Waals surface area contributed by atoms with Crippen LogP contribution < -0.4 is 4.72 Å². The fourth-order valence-electron chi connectivity index (χ4n) is 1.79. The van der Waals surface area contributed by atoms with E-state index < -0.39 is 10.0 Å². The van der Waals surface area contributed by atoms with Gasteiger partial charge < -0.3 is 0 Å². The molecule has 0 spiro atoms. The maximum absolute atomic E-state index is 12.2. The molecule has 20 heavy (non-hydrogen) atoms. The summed E-state index contributed by atoms with van der Waals surface area (Å²) in [5, 5.41) is 12.9. The third kappa shape index (κ3) is 2.81. The number of sulfonamides is 1. The largest absolute Gasteiger partial charge is 0.276 e.